The van der Waals surface area contributed by atoms with Gasteiger partial charge in [0.2, 0.25) is 0 Å². The van der Waals surface area contributed by atoms with Crippen LogP contribution in [0, 0.1) is 5.41 Å². The van der Waals surface area contributed by atoms with Gasteiger partial charge in [0.05, 0.1) is 12.7 Å². The van der Waals surface area contributed by atoms with Gasteiger partial charge >= 0.3 is 13.5 Å². The molecule has 158 valence electrons. The molecule has 2 rings (SSSR count). The molecule has 0 unspecified atom stereocenters. The maximum absolute atomic E-state index is 12.1. The maximum Gasteiger partial charge on any atom is 0.469 e. The van der Waals surface area contributed by atoms with E-state index in [9.17, 15) is 29.5 Å². The lowest BCUT2D eigenvalue weighted by Gasteiger charge is -2.31. The smallest absolute Gasteiger partial charge is 0.469 e. The summed E-state index contributed by atoms with van der Waals surface area (Å²) in [6.07, 6.45) is -2.89. The number of carboxylic acid groups (broad SMARTS) is 1. The number of hydrogen-bond acceptors (Lipinski definition) is 10. The Morgan fingerprint density at radius 3 is 2.75 bits per heavy atom. The van der Waals surface area contributed by atoms with E-state index in [-0.39, 0.29) is 24.9 Å². The predicted molar refractivity (Wildman–Crippen MR) is 86.3 cm³/mol. The van der Waals surface area contributed by atoms with E-state index in [4.69, 9.17) is 20.3 Å². The van der Waals surface area contributed by atoms with Crippen LogP contribution in [0.4, 0.5) is 0 Å². The number of phosphoric acid groups is 1. The van der Waals surface area contributed by atoms with Gasteiger partial charge in [-0.15, -0.1) is 0 Å². The number of carbonyl (C=O) groups excluding carboxylic acids is 1. The number of aliphatic hydroxyl groups is 1. The second-order valence-electron chi connectivity index (χ2n) is 6.71. The van der Waals surface area contributed by atoms with Gasteiger partial charge in [0.15, 0.2) is 0 Å². The molecule has 0 aromatic carbocycles. The van der Waals surface area contributed by atoms with Gasteiger partial charge in [-0.25, -0.2) is 14.3 Å². The van der Waals surface area contributed by atoms with E-state index < -0.39 is 55.8 Å². The molecule has 1 saturated heterocycles. The summed E-state index contributed by atoms with van der Waals surface area (Å²) in [5, 5.41) is 33.3. The van der Waals surface area contributed by atoms with Crippen LogP contribution < -0.4 is 21.6 Å². The number of phosphoric ester groups is 1. The van der Waals surface area contributed by atoms with Gasteiger partial charge in [0, 0.05) is 30.5 Å². The lowest BCUT2D eigenvalue weighted by Crippen LogP contribution is -2.47. The molecular weight excluding hydrogens is 401 g/mol. The zero-order valence-electron chi connectivity index (χ0n) is 14.8. The summed E-state index contributed by atoms with van der Waals surface area (Å²) >= 11 is 0. The summed E-state index contributed by atoms with van der Waals surface area (Å²) in [5.41, 5.74) is 2.77. The second kappa shape index (κ2) is 8.25. The first-order valence-corrected chi connectivity index (χ1v) is 9.63. The van der Waals surface area contributed by atoms with Gasteiger partial charge < -0.3 is 40.4 Å². The minimum absolute atomic E-state index is 0.121. The highest BCUT2D eigenvalue weighted by atomic mass is 31.2. The third-order valence-electron chi connectivity index (χ3n) is 4.43. The van der Waals surface area contributed by atoms with E-state index in [0.717, 1.165) is 10.8 Å². The number of carbonyl (C=O) groups is 1. The number of aromatic nitrogens is 2. The molecule has 5 N–H and O–H groups in total. The highest BCUT2D eigenvalue weighted by Gasteiger charge is 2.37. The lowest BCUT2D eigenvalue weighted by molar-refractivity contribution is -0.318. The van der Waals surface area contributed by atoms with Crippen LogP contribution in [0.5, 0.6) is 5.88 Å². The molecule has 0 radical (unpaired) electrons. The average Bonchev–Trinajstić information content (AvgIpc) is 2.95. The minimum atomic E-state index is -4.78. The summed E-state index contributed by atoms with van der Waals surface area (Å²) in [6, 6.07) is 0. The molecule has 1 fully saturated rings. The zero-order chi connectivity index (χ0) is 21.3. The largest absolute Gasteiger partial charge is 0.858 e. The number of ether oxygens (including phenoxy) is 1. The third kappa shape index (κ3) is 5.14. The molecule has 1 aliphatic heterocycles. The molecule has 0 bridgehead atoms. The Morgan fingerprint density at radius 2 is 2.21 bits per heavy atom. The first-order chi connectivity index (χ1) is 12.9. The minimum Gasteiger partial charge on any atom is -0.858 e. The van der Waals surface area contributed by atoms with Crippen molar-refractivity contribution in [2.45, 2.75) is 38.2 Å². The van der Waals surface area contributed by atoms with Crippen molar-refractivity contribution in [3.63, 3.8) is 0 Å². The van der Waals surface area contributed by atoms with Crippen molar-refractivity contribution in [2.24, 2.45) is 11.1 Å². The Bertz CT molecular complexity index is 839. The second-order valence-corrected chi connectivity index (χ2v) is 7.95. The first-order valence-electron chi connectivity index (χ1n) is 8.10. The fourth-order valence-electron chi connectivity index (χ4n) is 2.68. The van der Waals surface area contributed by atoms with Crippen LogP contribution in [-0.2, 0) is 25.0 Å². The fourth-order valence-corrected chi connectivity index (χ4v) is 3.02. The molecule has 14 heteroatoms. The van der Waals surface area contributed by atoms with Crippen LogP contribution in [-0.4, -0.2) is 55.8 Å². The topological polar surface area (TPSA) is 220 Å². The van der Waals surface area contributed by atoms with Crippen LogP contribution in [0.1, 0.15) is 25.1 Å². The first kappa shape index (κ1) is 22.4. The van der Waals surface area contributed by atoms with Gasteiger partial charge in [0.1, 0.15) is 12.3 Å². The van der Waals surface area contributed by atoms with E-state index in [2.05, 4.69) is 9.51 Å². The summed E-state index contributed by atoms with van der Waals surface area (Å²) < 4.78 is 21.3. The molecule has 4 atom stereocenters. The Balaban J connectivity index is 2.26. The van der Waals surface area contributed by atoms with Crippen molar-refractivity contribution in [1.82, 2.24) is 9.55 Å². The Labute approximate surface area is 158 Å². The van der Waals surface area contributed by atoms with Crippen molar-refractivity contribution >= 4 is 13.8 Å². The number of nitrogens with two attached hydrogens (primary N) is 1. The normalized spacial score (nSPS) is 24.8. The third-order valence-corrected chi connectivity index (χ3v) is 4.92. The quantitative estimate of drug-likeness (QED) is 0.298. The highest BCUT2D eigenvalue weighted by Crippen LogP contribution is 2.38. The van der Waals surface area contributed by atoms with Crippen LogP contribution in [0.15, 0.2) is 11.0 Å². The Kier molecular flexibility index (Phi) is 6.61. The fraction of sp³-hybridized carbons (Fsp3) is 0.643. The summed E-state index contributed by atoms with van der Waals surface area (Å²) in [5.74, 6) is -2.41. The molecule has 0 spiro atoms. The number of rotatable bonds is 8. The van der Waals surface area contributed by atoms with Crippen LogP contribution in [0.3, 0.4) is 0 Å². The summed E-state index contributed by atoms with van der Waals surface area (Å²) in [4.78, 5) is 44.1. The van der Waals surface area contributed by atoms with E-state index in [1.54, 1.807) is 0 Å². The number of aliphatic hydroxyl groups excluding tert-OH is 1. The maximum atomic E-state index is 12.1. The van der Waals surface area contributed by atoms with Gasteiger partial charge in [-0.05, 0) is 17.9 Å². The van der Waals surface area contributed by atoms with Crippen molar-refractivity contribution in [1.29, 1.82) is 0 Å². The van der Waals surface area contributed by atoms with E-state index in [1.165, 1.54) is 6.92 Å². The van der Waals surface area contributed by atoms with Crippen molar-refractivity contribution in [2.75, 3.05) is 13.2 Å². The van der Waals surface area contributed by atoms with Crippen molar-refractivity contribution in [3.05, 3.63) is 22.2 Å². The molecule has 0 amide bonds. The molecule has 1 aromatic rings. The SMILES string of the molecule is C[C@@](CN)(Cc1cn([C@H]2C[C@H](O)[C@@H](COP(=O)(O)O)O2)c(=O)nc1[O-])C(=O)[O-]. The number of nitrogens with zero attached hydrogens (tertiary/aromatic N) is 2. The number of hydrogen-bond donors (Lipinski definition) is 4. The zero-order valence-corrected chi connectivity index (χ0v) is 15.7. The lowest BCUT2D eigenvalue weighted by atomic mass is 9.84. The molecule has 13 nitrogen and oxygen atoms in total. The standard InChI is InChI=1S/C14H22N3O10P/c1-14(6-15,12(20)21)3-7-4-17(13(22)16-11(7)19)10-2-8(18)9(27-10)5-26-28(23,24)25/h4,8-10,18H,2-3,5-6,15H2,1H3,(H,20,21)(H,16,19,22)(H2,23,24,25)/p-2/t8-,9+,10+,14-/m0/s1. The Morgan fingerprint density at radius 1 is 1.57 bits per heavy atom. The molecule has 0 aliphatic carbocycles. The van der Waals surface area contributed by atoms with E-state index in [0.29, 0.717) is 0 Å². The monoisotopic (exact) mass is 421 g/mol. The van der Waals surface area contributed by atoms with Gasteiger partial charge in [-0.3, -0.25) is 9.09 Å². The molecule has 1 aromatic heterocycles. The van der Waals surface area contributed by atoms with Crippen LogP contribution in [0.25, 0.3) is 0 Å². The molecule has 1 aliphatic rings. The Hall–Kier alpha value is -1.86. The summed E-state index contributed by atoms with van der Waals surface area (Å²) in [6.45, 7) is 0.323. The predicted octanol–water partition coefficient (Wildman–Crippen LogP) is -3.67. The molecule has 0 saturated carbocycles. The average molecular weight is 421 g/mol. The van der Waals surface area contributed by atoms with Crippen molar-refractivity contribution in [3.8, 4) is 5.88 Å². The van der Waals surface area contributed by atoms with Gasteiger partial charge in [0.25, 0.3) is 0 Å². The van der Waals surface area contributed by atoms with Crippen LogP contribution >= 0.6 is 7.82 Å². The van der Waals surface area contributed by atoms with Crippen LogP contribution in [0.2, 0.25) is 0 Å². The van der Waals surface area contributed by atoms with Crippen molar-refractivity contribution < 1.29 is 43.7 Å². The van der Waals surface area contributed by atoms with E-state index in [1.807, 2.05) is 0 Å². The molecule has 2 heterocycles. The van der Waals surface area contributed by atoms with Gasteiger partial charge in [-0.1, -0.05) is 6.92 Å². The number of carboxylic acids is 1. The van der Waals surface area contributed by atoms with E-state index >= 15 is 0 Å². The highest BCUT2D eigenvalue weighted by molar-refractivity contribution is 7.46. The molecule has 28 heavy (non-hydrogen) atoms. The molecular formula is C14H20N3O10P-2. The summed E-state index contributed by atoms with van der Waals surface area (Å²) in [7, 11) is -4.78. The number of aliphatic carboxylic acids is 1. The van der Waals surface area contributed by atoms with Gasteiger partial charge in [-0.2, -0.15) is 0 Å².